The smallest absolute Gasteiger partial charge is 0.407 e. The topological polar surface area (TPSA) is 111 Å². The van der Waals surface area contributed by atoms with E-state index < -0.39 is 21.5 Å². The first-order valence-electron chi connectivity index (χ1n) is 12.2. The van der Waals surface area contributed by atoms with Gasteiger partial charge in [-0.25, -0.2) is 23.1 Å². The fourth-order valence-electron chi connectivity index (χ4n) is 4.55. The molecule has 0 fully saturated rings. The molecule has 1 aliphatic rings. The van der Waals surface area contributed by atoms with Crippen LogP contribution in [0.25, 0.3) is 0 Å². The number of sulfone groups is 1. The predicted octanol–water partition coefficient (Wildman–Crippen LogP) is 5.89. The summed E-state index contributed by atoms with van der Waals surface area (Å²) in [5.74, 6) is -0.379. The van der Waals surface area contributed by atoms with E-state index in [2.05, 4.69) is 26.2 Å². The number of alkyl carbamates (subject to hydrolysis) is 1. The summed E-state index contributed by atoms with van der Waals surface area (Å²) in [5, 5.41) is 3.18. The highest BCUT2D eigenvalue weighted by Crippen LogP contribution is 2.44. The van der Waals surface area contributed by atoms with Crippen LogP contribution in [0.15, 0.2) is 58.2 Å². The van der Waals surface area contributed by atoms with Crippen molar-refractivity contribution in [3.8, 4) is 0 Å². The van der Waals surface area contributed by atoms with E-state index in [-0.39, 0.29) is 42.2 Å². The zero-order chi connectivity index (χ0) is 28.4. The molecule has 0 bridgehead atoms. The van der Waals surface area contributed by atoms with Crippen LogP contribution < -0.4 is 10.2 Å². The molecule has 39 heavy (non-hydrogen) atoms. The number of carbonyl (C=O) groups excluding carboxylic acids is 2. The lowest BCUT2D eigenvalue weighted by Gasteiger charge is -2.26. The van der Waals surface area contributed by atoms with E-state index in [1.165, 1.54) is 15.7 Å². The van der Waals surface area contributed by atoms with E-state index in [1.54, 1.807) is 32.0 Å². The van der Waals surface area contributed by atoms with Gasteiger partial charge in [0.25, 0.3) is 5.91 Å². The number of benzene rings is 2. The second-order valence-electron chi connectivity index (χ2n) is 9.25. The molecule has 1 aliphatic heterocycles. The summed E-state index contributed by atoms with van der Waals surface area (Å²) < 4.78 is 34.3. The number of hydrogen-bond acceptors (Lipinski definition) is 6. The summed E-state index contributed by atoms with van der Waals surface area (Å²) in [6.45, 7) is 3.94. The van der Waals surface area contributed by atoms with Crippen molar-refractivity contribution in [3.05, 3.63) is 68.7 Å². The first-order chi connectivity index (χ1) is 18.5. The Morgan fingerprint density at radius 1 is 1.13 bits per heavy atom. The van der Waals surface area contributed by atoms with Gasteiger partial charge in [0.15, 0.2) is 14.9 Å². The van der Waals surface area contributed by atoms with Crippen molar-refractivity contribution in [2.24, 2.45) is 0 Å². The van der Waals surface area contributed by atoms with Gasteiger partial charge in [-0.2, -0.15) is 0 Å². The van der Waals surface area contributed by atoms with Crippen molar-refractivity contribution >= 4 is 72.6 Å². The SMILES string of the molecule is CCOC(=O)NCCCCS(=O)(=O)c1cnc2n1[C@](C)(Cc1ccc(Br)cc1)C(=O)N2c1cc(Cl)cc(Cl)c1. The molecular weight excluding hydrogens is 631 g/mol. The number of anilines is 2. The molecule has 208 valence electrons. The molecule has 1 atom stereocenters. The average Bonchev–Trinajstić information content (AvgIpc) is 3.39. The van der Waals surface area contributed by atoms with E-state index in [1.807, 2.05) is 24.3 Å². The minimum Gasteiger partial charge on any atom is -0.450 e. The normalized spacial score (nSPS) is 16.8. The molecular formula is C26H27BrCl2N4O5S. The van der Waals surface area contributed by atoms with Crippen molar-refractivity contribution in [2.75, 3.05) is 23.8 Å². The van der Waals surface area contributed by atoms with Gasteiger partial charge >= 0.3 is 6.09 Å². The third-order valence-electron chi connectivity index (χ3n) is 6.34. The Morgan fingerprint density at radius 2 is 1.79 bits per heavy atom. The summed E-state index contributed by atoms with van der Waals surface area (Å²) in [6.07, 6.45) is 1.69. The molecule has 0 spiro atoms. The molecule has 2 amide bonds. The monoisotopic (exact) mass is 656 g/mol. The minimum atomic E-state index is -3.85. The molecule has 0 aliphatic carbocycles. The Labute approximate surface area is 245 Å². The molecule has 2 aromatic carbocycles. The van der Waals surface area contributed by atoms with Crippen molar-refractivity contribution in [1.82, 2.24) is 14.9 Å². The maximum Gasteiger partial charge on any atom is 0.407 e. The number of rotatable bonds is 10. The predicted molar refractivity (Wildman–Crippen MR) is 154 cm³/mol. The Kier molecular flexibility index (Phi) is 8.95. The van der Waals surface area contributed by atoms with Crippen molar-refractivity contribution in [3.63, 3.8) is 0 Å². The molecule has 0 radical (unpaired) electrons. The lowest BCUT2D eigenvalue weighted by molar-refractivity contribution is -0.124. The number of halogens is 3. The average molecular weight is 658 g/mol. The molecule has 1 N–H and O–H groups in total. The summed E-state index contributed by atoms with van der Waals surface area (Å²) in [5.41, 5.74) is -0.0755. The maximum atomic E-state index is 14.1. The Balaban J connectivity index is 1.69. The van der Waals surface area contributed by atoms with Crippen molar-refractivity contribution in [1.29, 1.82) is 0 Å². The summed E-state index contributed by atoms with van der Waals surface area (Å²) >= 11 is 15.9. The van der Waals surface area contributed by atoms with Gasteiger partial charge < -0.3 is 10.1 Å². The van der Waals surface area contributed by atoms with E-state index in [0.717, 1.165) is 10.0 Å². The number of amides is 2. The van der Waals surface area contributed by atoms with Gasteiger partial charge in [0.05, 0.1) is 24.2 Å². The number of unbranched alkanes of at least 4 members (excludes halogenated alkanes) is 1. The van der Waals surface area contributed by atoms with Gasteiger partial charge in [0.2, 0.25) is 5.95 Å². The summed E-state index contributed by atoms with van der Waals surface area (Å²) in [6, 6.07) is 12.2. The largest absolute Gasteiger partial charge is 0.450 e. The molecule has 2 heterocycles. The molecule has 4 rings (SSSR count). The van der Waals surface area contributed by atoms with Gasteiger partial charge in [-0.05, 0) is 62.6 Å². The zero-order valence-corrected chi connectivity index (χ0v) is 25.2. The molecule has 13 heteroatoms. The van der Waals surface area contributed by atoms with Crippen LogP contribution >= 0.6 is 39.1 Å². The zero-order valence-electron chi connectivity index (χ0n) is 21.3. The first-order valence-corrected chi connectivity index (χ1v) is 15.4. The van der Waals surface area contributed by atoms with E-state index in [9.17, 15) is 18.0 Å². The number of imidazole rings is 1. The van der Waals surface area contributed by atoms with Crippen LogP contribution in [0.3, 0.4) is 0 Å². The Bertz CT molecular complexity index is 1480. The number of nitrogens with zero attached hydrogens (tertiary/aromatic N) is 3. The lowest BCUT2D eigenvalue weighted by atomic mass is 9.92. The standard InChI is InChI=1S/C26H27BrCl2N4O5S/c1-3-38-25(35)30-10-4-5-11-39(36,37)22-16-31-24-32(21-13-19(28)12-20(29)14-21)23(34)26(2,33(22)24)15-17-6-8-18(27)9-7-17/h6-9,12-14,16H,3-5,10-11,15H2,1-2H3,(H,30,35)/t26-/m1/s1. The third-order valence-corrected chi connectivity index (χ3v) is 9.06. The second kappa shape index (κ2) is 11.9. The van der Waals surface area contributed by atoms with Crippen LogP contribution in [0.4, 0.5) is 16.4 Å². The molecule has 9 nitrogen and oxygen atoms in total. The van der Waals surface area contributed by atoms with Gasteiger partial charge in [-0.15, -0.1) is 0 Å². The van der Waals surface area contributed by atoms with Gasteiger partial charge in [-0.3, -0.25) is 9.36 Å². The van der Waals surface area contributed by atoms with Gasteiger partial charge in [0, 0.05) is 27.5 Å². The van der Waals surface area contributed by atoms with Crippen LogP contribution in [0.5, 0.6) is 0 Å². The fourth-order valence-corrected chi connectivity index (χ4v) is 6.89. The first kappa shape index (κ1) is 29.4. The third kappa shape index (κ3) is 6.26. The number of ether oxygens (including phenoxy) is 1. The van der Waals surface area contributed by atoms with Crippen LogP contribution in [0.2, 0.25) is 10.0 Å². The Hall–Kier alpha value is -2.60. The van der Waals surface area contributed by atoms with E-state index in [0.29, 0.717) is 28.6 Å². The minimum absolute atomic E-state index is 0.0561. The highest BCUT2D eigenvalue weighted by Gasteiger charge is 2.51. The van der Waals surface area contributed by atoms with Crippen molar-refractivity contribution < 1.29 is 22.7 Å². The molecule has 1 aromatic heterocycles. The second-order valence-corrected chi connectivity index (χ2v) is 13.1. The van der Waals surface area contributed by atoms with Crippen LogP contribution in [-0.4, -0.2) is 48.9 Å². The maximum absolute atomic E-state index is 14.1. The highest BCUT2D eigenvalue weighted by molar-refractivity contribution is 9.10. The molecule has 3 aromatic rings. The van der Waals surface area contributed by atoms with Crippen LogP contribution in [0.1, 0.15) is 32.3 Å². The fraction of sp³-hybridized carbons (Fsp3) is 0.346. The van der Waals surface area contributed by atoms with Gasteiger partial charge in [0.1, 0.15) is 5.54 Å². The van der Waals surface area contributed by atoms with Crippen LogP contribution in [0, 0.1) is 0 Å². The Morgan fingerprint density at radius 3 is 2.44 bits per heavy atom. The van der Waals surface area contributed by atoms with Crippen LogP contribution in [-0.2, 0) is 31.3 Å². The summed E-state index contributed by atoms with van der Waals surface area (Å²) in [7, 11) is -3.85. The van der Waals surface area contributed by atoms with E-state index >= 15 is 0 Å². The highest BCUT2D eigenvalue weighted by atomic mass is 79.9. The van der Waals surface area contributed by atoms with E-state index in [4.69, 9.17) is 27.9 Å². The number of fused-ring (bicyclic) bond motifs is 1. The molecule has 0 unspecified atom stereocenters. The molecule has 0 saturated carbocycles. The lowest BCUT2D eigenvalue weighted by Crippen LogP contribution is -2.42. The quantitative estimate of drug-likeness (QED) is 0.272. The van der Waals surface area contributed by atoms with Crippen molar-refractivity contribution in [2.45, 2.75) is 43.7 Å². The molecule has 0 saturated heterocycles. The van der Waals surface area contributed by atoms with Gasteiger partial charge in [-0.1, -0.05) is 51.3 Å². The number of hydrogen-bond donors (Lipinski definition) is 1. The number of carbonyl (C=O) groups is 2. The summed E-state index contributed by atoms with van der Waals surface area (Å²) in [4.78, 5) is 31.3. The number of aromatic nitrogens is 2. The number of nitrogens with one attached hydrogen (secondary N) is 1.